The second-order valence-corrected chi connectivity index (χ2v) is 9.78. The summed E-state index contributed by atoms with van der Waals surface area (Å²) < 4.78 is 15.0. The molecule has 2 aromatic heterocycles. The molecular formula is C29H27FN4O5. The van der Waals surface area contributed by atoms with E-state index in [1.807, 2.05) is 0 Å². The number of aromatic nitrogens is 3. The normalized spacial score (nSPS) is 17.6. The number of pyridine rings is 1. The average molecular weight is 531 g/mol. The first-order valence-electron chi connectivity index (χ1n) is 12.6. The number of hydrogen-bond donors (Lipinski definition) is 2. The number of oxime groups is 1. The molecule has 39 heavy (non-hydrogen) atoms. The molecule has 0 radical (unpaired) electrons. The van der Waals surface area contributed by atoms with Crippen LogP contribution in [0.1, 0.15) is 55.7 Å². The first-order chi connectivity index (χ1) is 18.7. The van der Waals surface area contributed by atoms with Gasteiger partial charge in [-0.15, -0.1) is 0 Å². The summed E-state index contributed by atoms with van der Waals surface area (Å²) in [6.45, 7) is 1.78. The van der Waals surface area contributed by atoms with E-state index in [1.165, 1.54) is 28.8 Å². The molecule has 2 aromatic carbocycles. The summed E-state index contributed by atoms with van der Waals surface area (Å²) in [5.41, 5.74) is 1.61. The lowest BCUT2D eigenvalue weighted by Crippen LogP contribution is -2.33. The van der Waals surface area contributed by atoms with Crippen molar-refractivity contribution in [1.29, 1.82) is 0 Å². The Bertz CT molecular complexity index is 1600. The van der Waals surface area contributed by atoms with Gasteiger partial charge in [-0.2, -0.15) is 0 Å². The van der Waals surface area contributed by atoms with E-state index in [2.05, 4.69) is 10.1 Å². The number of carboxylic acids is 1. The molecule has 1 aliphatic rings. The zero-order chi connectivity index (χ0) is 27.6. The fraction of sp³-hybridized carbons (Fsp3) is 0.276. The quantitative estimate of drug-likeness (QED) is 0.308. The van der Waals surface area contributed by atoms with Crippen molar-refractivity contribution >= 4 is 22.6 Å². The first kappa shape index (κ1) is 26.2. The number of fused-ring (bicyclic) bond motifs is 1. The predicted octanol–water partition coefficient (Wildman–Crippen LogP) is 4.33. The third-order valence-corrected chi connectivity index (χ3v) is 6.88. The van der Waals surface area contributed by atoms with Crippen molar-refractivity contribution in [3.8, 4) is 5.69 Å². The molecule has 1 aliphatic heterocycles. The lowest BCUT2D eigenvalue weighted by molar-refractivity contribution is -0.137. The standard InChI is InChI=1S/C29H27FN4O5/c1-29(27(37)18-12-14-31-15-13-18)17-24(33-39-29)19-6-11-22-23(16-19)32-25(4-2-3-5-26(35)36)34(28(22)38)21-9-7-20(30)8-10-21/h6-16,27,37H,2-5,17H2,1H3,(H,35,36)/t27-,29?/m1/s1. The molecule has 9 nitrogen and oxygen atoms in total. The van der Waals surface area contributed by atoms with Crippen LogP contribution in [0.15, 0.2) is 76.9 Å². The highest BCUT2D eigenvalue weighted by molar-refractivity contribution is 6.04. The van der Waals surface area contributed by atoms with Gasteiger partial charge in [0.2, 0.25) is 0 Å². The number of rotatable bonds is 9. The number of aliphatic carboxylic acids is 1. The van der Waals surface area contributed by atoms with Gasteiger partial charge in [-0.1, -0.05) is 11.2 Å². The molecule has 0 aliphatic carbocycles. The molecule has 5 rings (SSSR count). The fourth-order valence-corrected chi connectivity index (χ4v) is 4.75. The molecule has 0 spiro atoms. The lowest BCUT2D eigenvalue weighted by atomic mass is 9.87. The number of carboxylic acid groups (broad SMARTS) is 1. The number of aliphatic hydroxyl groups excluding tert-OH is 1. The van der Waals surface area contributed by atoms with E-state index in [0.717, 1.165) is 0 Å². The van der Waals surface area contributed by atoms with Crippen molar-refractivity contribution in [2.75, 3.05) is 0 Å². The molecule has 4 aromatic rings. The Hall–Kier alpha value is -4.44. The number of unbranched alkanes of at least 4 members (excludes halogenated alkanes) is 1. The molecule has 2 atom stereocenters. The Balaban J connectivity index is 1.48. The monoisotopic (exact) mass is 530 g/mol. The minimum Gasteiger partial charge on any atom is -0.481 e. The van der Waals surface area contributed by atoms with E-state index in [-0.39, 0.29) is 12.0 Å². The van der Waals surface area contributed by atoms with Crippen LogP contribution in [-0.2, 0) is 16.1 Å². The summed E-state index contributed by atoms with van der Waals surface area (Å²) >= 11 is 0. The SMILES string of the molecule is CC1([C@H](O)c2ccncc2)CC(c2ccc3c(=O)n(-c4ccc(F)cc4)c(CCCCC(=O)O)nc3c2)=NO1. The topological polar surface area (TPSA) is 127 Å². The van der Waals surface area contributed by atoms with Crippen LogP contribution >= 0.6 is 0 Å². The fourth-order valence-electron chi connectivity index (χ4n) is 4.75. The molecule has 200 valence electrons. The van der Waals surface area contributed by atoms with E-state index in [4.69, 9.17) is 14.9 Å². The third kappa shape index (κ3) is 5.42. The Morgan fingerprint density at radius 1 is 1.13 bits per heavy atom. The highest BCUT2D eigenvalue weighted by Crippen LogP contribution is 2.37. The third-order valence-electron chi connectivity index (χ3n) is 6.88. The zero-order valence-electron chi connectivity index (χ0n) is 21.2. The van der Waals surface area contributed by atoms with Crippen molar-refractivity contribution in [3.05, 3.63) is 100 Å². The second kappa shape index (κ2) is 10.7. The van der Waals surface area contributed by atoms with Crippen LogP contribution in [-0.4, -0.2) is 42.0 Å². The summed E-state index contributed by atoms with van der Waals surface area (Å²) in [4.78, 5) is 39.0. The molecule has 0 amide bonds. The van der Waals surface area contributed by atoms with Gasteiger partial charge in [0.15, 0.2) is 5.60 Å². The van der Waals surface area contributed by atoms with Crippen molar-refractivity contribution < 1.29 is 24.2 Å². The maximum Gasteiger partial charge on any atom is 0.303 e. The Labute approximate surface area is 223 Å². The van der Waals surface area contributed by atoms with Crippen LogP contribution in [0.2, 0.25) is 0 Å². The minimum atomic E-state index is -0.986. The predicted molar refractivity (Wildman–Crippen MR) is 142 cm³/mol. The van der Waals surface area contributed by atoms with Gasteiger partial charge in [0.1, 0.15) is 17.7 Å². The van der Waals surface area contributed by atoms with Gasteiger partial charge in [-0.3, -0.25) is 19.1 Å². The molecule has 0 saturated carbocycles. The smallest absolute Gasteiger partial charge is 0.303 e. The molecule has 0 saturated heterocycles. The van der Waals surface area contributed by atoms with E-state index in [9.17, 15) is 19.1 Å². The van der Waals surface area contributed by atoms with E-state index >= 15 is 0 Å². The van der Waals surface area contributed by atoms with E-state index in [1.54, 1.807) is 49.6 Å². The van der Waals surface area contributed by atoms with Crippen LogP contribution in [0.4, 0.5) is 4.39 Å². The number of aryl methyl sites for hydroxylation is 1. The number of benzene rings is 2. The second-order valence-electron chi connectivity index (χ2n) is 9.78. The van der Waals surface area contributed by atoms with Crippen LogP contribution in [0.5, 0.6) is 0 Å². The number of halogens is 1. The largest absolute Gasteiger partial charge is 0.481 e. The molecule has 3 heterocycles. The van der Waals surface area contributed by atoms with Crippen LogP contribution in [0.3, 0.4) is 0 Å². The molecule has 0 fully saturated rings. The van der Waals surface area contributed by atoms with E-state index < -0.39 is 23.5 Å². The van der Waals surface area contributed by atoms with Gasteiger partial charge in [0.25, 0.3) is 5.56 Å². The van der Waals surface area contributed by atoms with Gasteiger partial charge in [-0.25, -0.2) is 9.37 Å². The Morgan fingerprint density at radius 2 is 1.87 bits per heavy atom. The maximum atomic E-state index is 13.6. The zero-order valence-corrected chi connectivity index (χ0v) is 21.2. The van der Waals surface area contributed by atoms with Crippen molar-refractivity contribution in [2.45, 2.75) is 50.7 Å². The number of hydrogen-bond acceptors (Lipinski definition) is 7. The molecule has 1 unspecified atom stereocenters. The van der Waals surface area contributed by atoms with E-state index in [0.29, 0.717) is 64.9 Å². The van der Waals surface area contributed by atoms with Crippen molar-refractivity contribution in [1.82, 2.24) is 14.5 Å². The molecule has 10 heteroatoms. The van der Waals surface area contributed by atoms with Crippen molar-refractivity contribution in [2.24, 2.45) is 5.16 Å². The number of nitrogens with zero attached hydrogens (tertiary/aromatic N) is 4. The van der Waals surface area contributed by atoms with Gasteiger partial charge in [-0.05, 0) is 73.9 Å². The summed E-state index contributed by atoms with van der Waals surface area (Å²) in [5.74, 6) is -0.861. The van der Waals surface area contributed by atoms with Crippen LogP contribution in [0.25, 0.3) is 16.6 Å². The minimum absolute atomic E-state index is 0.0163. The average Bonchev–Trinajstić information content (AvgIpc) is 3.35. The molecule has 0 bridgehead atoms. The van der Waals surface area contributed by atoms with Gasteiger partial charge in [0.05, 0.1) is 22.3 Å². The highest BCUT2D eigenvalue weighted by atomic mass is 19.1. The molecular weight excluding hydrogens is 503 g/mol. The van der Waals surface area contributed by atoms with Crippen LogP contribution in [0, 0.1) is 5.82 Å². The lowest BCUT2D eigenvalue weighted by Gasteiger charge is -2.27. The Morgan fingerprint density at radius 3 is 2.59 bits per heavy atom. The summed E-state index contributed by atoms with van der Waals surface area (Å²) in [5, 5.41) is 24.5. The molecule has 2 N–H and O–H groups in total. The van der Waals surface area contributed by atoms with Gasteiger partial charge in [0, 0.05) is 37.2 Å². The number of carbonyl (C=O) groups is 1. The van der Waals surface area contributed by atoms with Gasteiger partial charge >= 0.3 is 5.97 Å². The van der Waals surface area contributed by atoms with Crippen LogP contribution < -0.4 is 5.56 Å². The highest BCUT2D eigenvalue weighted by Gasteiger charge is 2.42. The maximum absolute atomic E-state index is 13.6. The first-order valence-corrected chi connectivity index (χ1v) is 12.6. The van der Waals surface area contributed by atoms with Crippen molar-refractivity contribution in [3.63, 3.8) is 0 Å². The summed E-state index contributed by atoms with van der Waals surface area (Å²) in [6, 6.07) is 14.2. The Kier molecular flexibility index (Phi) is 7.21. The summed E-state index contributed by atoms with van der Waals surface area (Å²) in [7, 11) is 0. The summed E-state index contributed by atoms with van der Waals surface area (Å²) in [6.07, 6.45) is 3.92. The number of aliphatic hydroxyl groups is 1. The van der Waals surface area contributed by atoms with Gasteiger partial charge < -0.3 is 15.1 Å².